The minimum Gasteiger partial charge on any atom is -0.466 e. The van der Waals surface area contributed by atoms with Crippen molar-refractivity contribution in [3.05, 3.63) is 27.7 Å². The molecule has 0 saturated heterocycles. The van der Waals surface area contributed by atoms with Gasteiger partial charge in [0.25, 0.3) is 0 Å². The summed E-state index contributed by atoms with van der Waals surface area (Å²) in [5.74, 6) is -0.333. The Hall–Kier alpha value is -0.640. The SMILES string of the molecule is CCOC(=O)Cc1cc(Cl)c(N)cc1Cl.Cl. The first-order valence-electron chi connectivity index (χ1n) is 4.43. The van der Waals surface area contributed by atoms with E-state index in [9.17, 15) is 4.79 Å². The summed E-state index contributed by atoms with van der Waals surface area (Å²) in [5.41, 5.74) is 6.56. The van der Waals surface area contributed by atoms with Crippen molar-refractivity contribution in [2.75, 3.05) is 12.3 Å². The standard InChI is InChI=1S/C10H11Cl2NO2.ClH/c1-2-15-10(14)4-6-3-8(12)9(13)5-7(6)11;/h3,5H,2,4,13H2,1H3;1H. The molecule has 16 heavy (non-hydrogen) atoms. The molecule has 0 amide bonds. The number of hydrogen-bond donors (Lipinski definition) is 1. The number of halogens is 3. The normalized spacial score (nSPS) is 9.44. The van der Waals surface area contributed by atoms with Crippen LogP contribution in [0.1, 0.15) is 12.5 Å². The van der Waals surface area contributed by atoms with Gasteiger partial charge in [0.2, 0.25) is 0 Å². The summed E-state index contributed by atoms with van der Waals surface area (Å²) < 4.78 is 4.80. The fraction of sp³-hybridized carbons (Fsp3) is 0.300. The van der Waals surface area contributed by atoms with Gasteiger partial charge in [-0.15, -0.1) is 12.4 Å². The van der Waals surface area contributed by atoms with Gasteiger partial charge in [-0.2, -0.15) is 0 Å². The lowest BCUT2D eigenvalue weighted by Crippen LogP contribution is -2.08. The highest BCUT2D eigenvalue weighted by molar-refractivity contribution is 6.35. The summed E-state index contributed by atoms with van der Waals surface area (Å²) in [6.07, 6.45) is 0.104. The zero-order chi connectivity index (χ0) is 11.4. The summed E-state index contributed by atoms with van der Waals surface area (Å²) in [6.45, 7) is 2.09. The van der Waals surface area contributed by atoms with Gasteiger partial charge in [-0.1, -0.05) is 23.2 Å². The fourth-order valence-corrected chi connectivity index (χ4v) is 1.53. The van der Waals surface area contributed by atoms with E-state index in [2.05, 4.69) is 0 Å². The van der Waals surface area contributed by atoms with E-state index in [1.54, 1.807) is 13.0 Å². The quantitative estimate of drug-likeness (QED) is 0.685. The zero-order valence-electron chi connectivity index (χ0n) is 8.63. The van der Waals surface area contributed by atoms with Crippen molar-refractivity contribution in [2.24, 2.45) is 0 Å². The Morgan fingerprint density at radius 1 is 1.38 bits per heavy atom. The molecule has 0 aliphatic carbocycles. The van der Waals surface area contributed by atoms with Gasteiger partial charge < -0.3 is 10.5 Å². The summed E-state index contributed by atoms with van der Waals surface area (Å²) in [4.78, 5) is 11.2. The molecule has 3 nitrogen and oxygen atoms in total. The molecule has 0 radical (unpaired) electrons. The van der Waals surface area contributed by atoms with E-state index in [1.165, 1.54) is 6.07 Å². The minimum absolute atomic E-state index is 0. The highest BCUT2D eigenvalue weighted by Crippen LogP contribution is 2.27. The number of nitrogens with two attached hydrogens (primary N) is 1. The second-order valence-electron chi connectivity index (χ2n) is 2.95. The Bertz CT molecular complexity index is 383. The molecule has 0 fully saturated rings. The lowest BCUT2D eigenvalue weighted by atomic mass is 10.1. The number of carbonyl (C=O) groups is 1. The lowest BCUT2D eigenvalue weighted by molar-refractivity contribution is -0.142. The summed E-state index contributed by atoms with van der Waals surface area (Å²) in [7, 11) is 0. The molecule has 0 atom stereocenters. The topological polar surface area (TPSA) is 52.3 Å². The number of carbonyl (C=O) groups excluding carboxylic acids is 1. The second-order valence-corrected chi connectivity index (χ2v) is 3.76. The minimum atomic E-state index is -0.333. The molecule has 1 aromatic rings. The van der Waals surface area contributed by atoms with Crippen LogP contribution in [0.25, 0.3) is 0 Å². The average Bonchev–Trinajstić information content (AvgIpc) is 2.14. The van der Waals surface area contributed by atoms with Crippen LogP contribution >= 0.6 is 35.6 Å². The van der Waals surface area contributed by atoms with Crippen LogP contribution in [0.4, 0.5) is 5.69 Å². The first kappa shape index (κ1) is 15.4. The Balaban J connectivity index is 0.00000225. The van der Waals surface area contributed by atoms with Crippen LogP contribution in [0, 0.1) is 0 Å². The Morgan fingerprint density at radius 2 is 2.00 bits per heavy atom. The van der Waals surface area contributed by atoms with Crippen molar-refractivity contribution in [2.45, 2.75) is 13.3 Å². The third kappa shape index (κ3) is 4.08. The highest BCUT2D eigenvalue weighted by Gasteiger charge is 2.10. The van der Waals surface area contributed by atoms with Gasteiger partial charge in [0.05, 0.1) is 23.7 Å². The predicted molar refractivity (Wildman–Crippen MR) is 68.5 cm³/mol. The number of rotatable bonds is 3. The van der Waals surface area contributed by atoms with E-state index in [1.807, 2.05) is 0 Å². The van der Waals surface area contributed by atoms with E-state index in [0.29, 0.717) is 27.9 Å². The van der Waals surface area contributed by atoms with E-state index >= 15 is 0 Å². The smallest absolute Gasteiger partial charge is 0.310 e. The second kappa shape index (κ2) is 6.84. The molecule has 90 valence electrons. The molecule has 0 heterocycles. The van der Waals surface area contributed by atoms with E-state index in [-0.39, 0.29) is 24.8 Å². The van der Waals surface area contributed by atoms with Gasteiger partial charge in [0.15, 0.2) is 0 Å². The van der Waals surface area contributed by atoms with E-state index in [0.717, 1.165) is 0 Å². The molecule has 0 aliphatic rings. The molecule has 0 bridgehead atoms. The van der Waals surface area contributed by atoms with Crippen LogP contribution in [0.3, 0.4) is 0 Å². The third-order valence-electron chi connectivity index (χ3n) is 1.81. The van der Waals surface area contributed by atoms with E-state index in [4.69, 9.17) is 33.7 Å². The number of anilines is 1. The van der Waals surface area contributed by atoms with Crippen molar-refractivity contribution in [1.82, 2.24) is 0 Å². The van der Waals surface area contributed by atoms with Crippen LogP contribution < -0.4 is 5.73 Å². The number of nitrogen functional groups attached to an aromatic ring is 1. The maximum atomic E-state index is 11.2. The Kier molecular flexibility index (Phi) is 6.56. The Labute approximate surface area is 110 Å². The first-order chi connectivity index (χ1) is 7.04. The van der Waals surface area contributed by atoms with Crippen molar-refractivity contribution >= 4 is 47.3 Å². The molecule has 2 N–H and O–H groups in total. The Morgan fingerprint density at radius 3 is 2.56 bits per heavy atom. The maximum Gasteiger partial charge on any atom is 0.310 e. The van der Waals surface area contributed by atoms with Gasteiger partial charge >= 0.3 is 5.97 Å². The lowest BCUT2D eigenvalue weighted by Gasteiger charge is -2.06. The highest BCUT2D eigenvalue weighted by atomic mass is 35.5. The zero-order valence-corrected chi connectivity index (χ0v) is 11.0. The molecule has 1 aromatic carbocycles. The van der Waals surface area contributed by atoms with Crippen LogP contribution in [-0.2, 0) is 16.0 Å². The average molecular weight is 285 g/mol. The number of ether oxygens (including phenoxy) is 1. The summed E-state index contributed by atoms with van der Waals surface area (Å²) >= 11 is 11.7. The van der Waals surface area contributed by atoms with Gasteiger partial charge in [-0.05, 0) is 24.6 Å². The van der Waals surface area contributed by atoms with Gasteiger partial charge in [0.1, 0.15) is 0 Å². The number of benzene rings is 1. The molecule has 0 aliphatic heterocycles. The molecule has 0 unspecified atom stereocenters. The molecule has 0 saturated carbocycles. The van der Waals surface area contributed by atoms with Crippen LogP contribution in [0.15, 0.2) is 12.1 Å². The van der Waals surface area contributed by atoms with Crippen LogP contribution in [-0.4, -0.2) is 12.6 Å². The molecule has 0 spiro atoms. The molecular formula is C10H12Cl3NO2. The van der Waals surface area contributed by atoms with Gasteiger partial charge in [-0.25, -0.2) is 0 Å². The summed E-state index contributed by atoms with van der Waals surface area (Å²) in [5, 5.41) is 0.809. The largest absolute Gasteiger partial charge is 0.466 e. The van der Waals surface area contributed by atoms with Crippen molar-refractivity contribution in [3.8, 4) is 0 Å². The maximum absolute atomic E-state index is 11.2. The molecule has 1 rings (SSSR count). The number of hydrogen-bond acceptors (Lipinski definition) is 3. The monoisotopic (exact) mass is 283 g/mol. The van der Waals surface area contributed by atoms with Gasteiger partial charge in [0, 0.05) is 5.02 Å². The predicted octanol–water partition coefficient (Wildman–Crippen LogP) is 3.10. The molecule has 6 heteroatoms. The third-order valence-corrected chi connectivity index (χ3v) is 2.49. The van der Waals surface area contributed by atoms with Crippen molar-refractivity contribution < 1.29 is 9.53 Å². The summed E-state index contributed by atoms with van der Waals surface area (Å²) in [6, 6.07) is 3.11. The molecular weight excluding hydrogens is 272 g/mol. The van der Waals surface area contributed by atoms with Crippen LogP contribution in [0.2, 0.25) is 10.0 Å². The fourth-order valence-electron chi connectivity index (χ4n) is 1.11. The van der Waals surface area contributed by atoms with E-state index < -0.39 is 0 Å². The number of esters is 1. The molecule has 0 aromatic heterocycles. The first-order valence-corrected chi connectivity index (χ1v) is 5.19. The van der Waals surface area contributed by atoms with Crippen LogP contribution in [0.5, 0.6) is 0 Å². The van der Waals surface area contributed by atoms with Gasteiger partial charge in [-0.3, -0.25) is 4.79 Å². The van der Waals surface area contributed by atoms with Crippen molar-refractivity contribution in [1.29, 1.82) is 0 Å². The van der Waals surface area contributed by atoms with Crippen molar-refractivity contribution in [3.63, 3.8) is 0 Å².